The zero-order valence-electron chi connectivity index (χ0n) is 14.1. The van der Waals surface area contributed by atoms with E-state index < -0.39 is 5.54 Å². The van der Waals surface area contributed by atoms with Crippen LogP contribution in [0.25, 0.3) is 11.1 Å². The number of aliphatic hydroxyl groups is 1. The molecule has 4 rings (SSSR count). The Labute approximate surface area is 154 Å². The maximum atomic E-state index is 13.4. The number of methoxy groups -OCH3 is 1. The van der Waals surface area contributed by atoms with E-state index in [4.69, 9.17) is 20.8 Å². The van der Waals surface area contributed by atoms with Gasteiger partial charge in [0, 0.05) is 17.2 Å². The Kier molecular flexibility index (Phi) is 3.63. The van der Waals surface area contributed by atoms with Crippen LogP contribution in [-0.4, -0.2) is 28.2 Å². The second kappa shape index (κ2) is 5.75. The van der Waals surface area contributed by atoms with Crippen LogP contribution in [-0.2, 0) is 6.54 Å². The van der Waals surface area contributed by atoms with Crippen LogP contribution in [0.15, 0.2) is 41.0 Å². The monoisotopic (exact) mass is 370 g/mol. The van der Waals surface area contributed by atoms with Crippen LogP contribution < -0.4 is 9.64 Å². The first-order valence-corrected chi connectivity index (χ1v) is 8.27. The van der Waals surface area contributed by atoms with Gasteiger partial charge < -0.3 is 18.8 Å². The molecule has 3 aromatic rings. The van der Waals surface area contributed by atoms with E-state index in [1.165, 1.54) is 12.0 Å². The second-order valence-electron chi connectivity index (χ2n) is 6.25. The maximum Gasteiger partial charge on any atom is 0.276 e. The van der Waals surface area contributed by atoms with Crippen molar-refractivity contribution < 1.29 is 19.1 Å². The highest BCUT2D eigenvalue weighted by Crippen LogP contribution is 2.40. The van der Waals surface area contributed by atoms with Crippen molar-refractivity contribution in [1.29, 1.82) is 0 Å². The van der Waals surface area contributed by atoms with Crippen molar-refractivity contribution in [2.75, 3.05) is 12.0 Å². The highest BCUT2D eigenvalue weighted by molar-refractivity contribution is 6.31. The maximum absolute atomic E-state index is 13.4. The zero-order chi connectivity index (χ0) is 18.5. The van der Waals surface area contributed by atoms with E-state index in [9.17, 15) is 9.90 Å². The first kappa shape index (κ1) is 16.4. The molecule has 2 aromatic heterocycles. The molecule has 132 valence electrons. The molecule has 1 aliphatic rings. The number of rotatable bonds is 2. The van der Waals surface area contributed by atoms with Gasteiger partial charge in [0.05, 0.1) is 31.1 Å². The van der Waals surface area contributed by atoms with Crippen LogP contribution in [0.3, 0.4) is 0 Å². The van der Waals surface area contributed by atoms with E-state index >= 15 is 0 Å². The fraction of sp³-hybridized carbons (Fsp3) is 0.211. The van der Waals surface area contributed by atoms with Crippen molar-refractivity contribution in [3.05, 3.63) is 47.3 Å². The number of halogens is 1. The third-order valence-electron chi connectivity index (χ3n) is 4.61. The topological polar surface area (TPSA) is 67.8 Å². The summed E-state index contributed by atoms with van der Waals surface area (Å²) in [6.07, 6.45) is 3.53. The number of carbonyl (C=O) groups is 1. The van der Waals surface area contributed by atoms with Crippen molar-refractivity contribution in [1.82, 2.24) is 4.57 Å². The van der Waals surface area contributed by atoms with Crippen LogP contribution in [0.5, 0.6) is 5.75 Å². The molecule has 0 spiro atoms. The van der Waals surface area contributed by atoms with E-state index in [1.807, 2.05) is 10.7 Å². The van der Waals surface area contributed by atoms with E-state index in [1.54, 1.807) is 43.5 Å². The Bertz CT molecular complexity index is 1090. The Morgan fingerprint density at radius 1 is 1.35 bits per heavy atom. The molecule has 1 N–H and O–H groups in total. The van der Waals surface area contributed by atoms with Gasteiger partial charge in [0.1, 0.15) is 23.1 Å². The SMILES string of the molecule is COc1ccc(Cl)cc1N1C(=O)c2cc3occc3n2CC1(C)C#CO. The molecule has 3 heterocycles. The largest absolute Gasteiger partial charge is 0.495 e. The number of hydrogen-bond acceptors (Lipinski definition) is 4. The van der Waals surface area contributed by atoms with Gasteiger partial charge in [0.15, 0.2) is 5.58 Å². The summed E-state index contributed by atoms with van der Waals surface area (Å²) in [6, 6.07) is 8.53. The Balaban J connectivity index is 1.98. The summed E-state index contributed by atoms with van der Waals surface area (Å²) in [4.78, 5) is 14.9. The number of hydrogen-bond donors (Lipinski definition) is 1. The first-order valence-electron chi connectivity index (χ1n) is 7.89. The molecule has 1 unspecified atom stereocenters. The van der Waals surface area contributed by atoms with E-state index in [2.05, 4.69) is 5.92 Å². The molecule has 1 aliphatic heterocycles. The normalized spacial score (nSPS) is 19.2. The Morgan fingerprint density at radius 2 is 2.15 bits per heavy atom. The number of fused-ring (bicyclic) bond motifs is 3. The summed E-state index contributed by atoms with van der Waals surface area (Å²) in [5, 5.41) is 9.76. The predicted octanol–water partition coefficient (Wildman–Crippen LogP) is 3.65. The fourth-order valence-electron chi connectivity index (χ4n) is 3.47. The van der Waals surface area contributed by atoms with Crippen molar-refractivity contribution in [3.63, 3.8) is 0 Å². The number of anilines is 1. The van der Waals surface area contributed by atoms with Crippen molar-refractivity contribution in [2.45, 2.75) is 19.0 Å². The average molecular weight is 371 g/mol. The zero-order valence-corrected chi connectivity index (χ0v) is 14.9. The summed E-state index contributed by atoms with van der Waals surface area (Å²) in [5.41, 5.74) is 1.36. The van der Waals surface area contributed by atoms with Gasteiger partial charge in [-0.3, -0.25) is 9.69 Å². The van der Waals surface area contributed by atoms with E-state index in [-0.39, 0.29) is 5.91 Å². The average Bonchev–Trinajstić information content (AvgIpc) is 3.18. The standard InChI is InChI=1S/C19H15ClN2O4/c1-19(6-7-23)11-21-13-5-8-26-17(13)10-15(21)18(24)22(19)14-9-12(20)3-4-16(14)25-2/h3-5,8-10,23H,11H2,1-2H3. The molecule has 1 aromatic carbocycles. The molecular weight excluding hydrogens is 356 g/mol. The van der Waals surface area contributed by atoms with Gasteiger partial charge in [-0.1, -0.05) is 11.6 Å². The highest BCUT2D eigenvalue weighted by Gasteiger charge is 2.44. The van der Waals surface area contributed by atoms with Crippen molar-refractivity contribution >= 4 is 34.3 Å². The quantitative estimate of drug-likeness (QED) is 0.699. The Morgan fingerprint density at radius 3 is 2.88 bits per heavy atom. The van der Waals surface area contributed by atoms with Crippen LogP contribution in [0.4, 0.5) is 5.69 Å². The van der Waals surface area contributed by atoms with Crippen LogP contribution >= 0.6 is 11.6 Å². The number of benzene rings is 1. The third-order valence-corrected chi connectivity index (χ3v) is 4.85. The summed E-state index contributed by atoms with van der Waals surface area (Å²) in [7, 11) is 1.52. The van der Waals surface area contributed by atoms with Gasteiger partial charge in [-0.25, -0.2) is 0 Å². The number of nitrogens with zero attached hydrogens (tertiary/aromatic N) is 2. The number of carbonyl (C=O) groups excluding carboxylic acids is 1. The lowest BCUT2D eigenvalue weighted by molar-refractivity contribution is 0.0935. The molecule has 7 heteroatoms. The summed E-state index contributed by atoms with van der Waals surface area (Å²) >= 11 is 6.16. The summed E-state index contributed by atoms with van der Waals surface area (Å²) in [6.45, 7) is 2.13. The molecule has 1 atom stereocenters. The fourth-order valence-corrected chi connectivity index (χ4v) is 3.64. The van der Waals surface area contributed by atoms with Gasteiger partial charge >= 0.3 is 0 Å². The number of furan rings is 1. The number of aromatic nitrogens is 1. The molecule has 26 heavy (non-hydrogen) atoms. The number of aliphatic hydroxyl groups excluding tert-OH is 1. The van der Waals surface area contributed by atoms with E-state index in [0.717, 1.165) is 5.52 Å². The summed E-state index contributed by atoms with van der Waals surface area (Å²) in [5.74, 6) is 2.96. The smallest absolute Gasteiger partial charge is 0.276 e. The van der Waals surface area contributed by atoms with Crippen molar-refractivity contribution in [2.24, 2.45) is 0 Å². The molecular formula is C19H15ClN2O4. The lowest BCUT2D eigenvalue weighted by Gasteiger charge is -2.42. The van der Waals surface area contributed by atoms with Gasteiger partial charge in [0.2, 0.25) is 0 Å². The van der Waals surface area contributed by atoms with Crippen LogP contribution in [0, 0.1) is 12.0 Å². The number of ether oxygens (including phenoxy) is 1. The highest BCUT2D eigenvalue weighted by atomic mass is 35.5. The van der Waals surface area contributed by atoms with Gasteiger partial charge in [0.25, 0.3) is 5.91 Å². The molecule has 6 nitrogen and oxygen atoms in total. The third kappa shape index (κ3) is 2.25. The second-order valence-corrected chi connectivity index (χ2v) is 6.69. The summed E-state index contributed by atoms with van der Waals surface area (Å²) < 4.78 is 12.7. The first-order chi connectivity index (χ1) is 12.5. The number of amides is 1. The predicted molar refractivity (Wildman–Crippen MR) is 97.1 cm³/mol. The lowest BCUT2D eigenvalue weighted by atomic mass is 9.95. The molecule has 0 saturated carbocycles. The molecule has 1 amide bonds. The minimum atomic E-state index is -1.01. The lowest BCUT2D eigenvalue weighted by Crippen LogP contribution is -2.56. The van der Waals surface area contributed by atoms with Gasteiger partial charge in [-0.05, 0) is 31.0 Å². The molecule has 0 fully saturated rings. The van der Waals surface area contributed by atoms with Crippen LogP contribution in [0.1, 0.15) is 17.4 Å². The minimum absolute atomic E-state index is 0.284. The molecule has 0 bridgehead atoms. The van der Waals surface area contributed by atoms with Gasteiger partial charge in [-0.15, -0.1) is 0 Å². The Hall–Kier alpha value is -3.04. The molecule has 0 saturated heterocycles. The van der Waals surface area contributed by atoms with Gasteiger partial charge in [-0.2, -0.15) is 0 Å². The van der Waals surface area contributed by atoms with Crippen molar-refractivity contribution in [3.8, 4) is 17.8 Å². The minimum Gasteiger partial charge on any atom is -0.495 e. The van der Waals surface area contributed by atoms with Crippen LogP contribution in [0.2, 0.25) is 5.02 Å². The van der Waals surface area contributed by atoms with E-state index in [0.29, 0.717) is 34.3 Å². The molecule has 0 aliphatic carbocycles. The molecule has 0 radical (unpaired) electrons.